The first kappa shape index (κ1) is 16.3. The van der Waals surface area contributed by atoms with E-state index in [0.717, 1.165) is 0 Å². The SMILES string of the molecule is COc1ccc(Cl)c(NC(=O)CCNC(=O)c2cccs2)c1. The van der Waals surface area contributed by atoms with Crippen LogP contribution < -0.4 is 15.4 Å². The van der Waals surface area contributed by atoms with Crippen molar-refractivity contribution >= 4 is 40.4 Å². The van der Waals surface area contributed by atoms with Crippen LogP contribution in [0.25, 0.3) is 0 Å². The predicted molar refractivity (Wildman–Crippen MR) is 87.9 cm³/mol. The monoisotopic (exact) mass is 338 g/mol. The van der Waals surface area contributed by atoms with Gasteiger partial charge in [0.05, 0.1) is 22.7 Å². The molecule has 0 spiro atoms. The van der Waals surface area contributed by atoms with Crippen molar-refractivity contribution in [1.82, 2.24) is 5.32 Å². The van der Waals surface area contributed by atoms with Gasteiger partial charge in [-0.05, 0) is 23.6 Å². The summed E-state index contributed by atoms with van der Waals surface area (Å²) in [4.78, 5) is 24.2. The molecule has 1 aromatic heterocycles. The highest BCUT2D eigenvalue weighted by Crippen LogP contribution is 2.26. The summed E-state index contributed by atoms with van der Waals surface area (Å²) in [6.07, 6.45) is 0.157. The number of amides is 2. The number of methoxy groups -OCH3 is 1. The molecule has 0 radical (unpaired) electrons. The third-order valence-corrected chi connectivity index (χ3v) is 4.03. The summed E-state index contributed by atoms with van der Waals surface area (Å²) in [5.74, 6) is 0.189. The number of carbonyl (C=O) groups excluding carboxylic acids is 2. The van der Waals surface area contributed by atoms with Crippen molar-refractivity contribution < 1.29 is 14.3 Å². The molecule has 0 saturated heterocycles. The maximum absolute atomic E-state index is 11.9. The number of hydrogen-bond acceptors (Lipinski definition) is 4. The van der Waals surface area contributed by atoms with Crippen molar-refractivity contribution in [2.45, 2.75) is 6.42 Å². The third kappa shape index (κ3) is 4.47. The smallest absolute Gasteiger partial charge is 0.261 e. The molecule has 0 aliphatic heterocycles. The topological polar surface area (TPSA) is 67.4 Å². The van der Waals surface area contributed by atoms with Crippen LogP contribution in [-0.4, -0.2) is 25.5 Å². The molecular formula is C15H15ClN2O3S. The van der Waals surface area contributed by atoms with Crippen molar-refractivity contribution in [1.29, 1.82) is 0 Å². The Balaban J connectivity index is 1.82. The van der Waals surface area contributed by atoms with Gasteiger partial charge in [0.25, 0.3) is 5.91 Å². The van der Waals surface area contributed by atoms with E-state index in [4.69, 9.17) is 16.3 Å². The molecule has 2 amide bonds. The van der Waals surface area contributed by atoms with E-state index in [9.17, 15) is 9.59 Å². The minimum Gasteiger partial charge on any atom is -0.497 e. The molecule has 0 aliphatic carbocycles. The largest absolute Gasteiger partial charge is 0.497 e. The molecular weight excluding hydrogens is 324 g/mol. The number of ether oxygens (including phenoxy) is 1. The standard InChI is InChI=1S/C15H15ClN2O3S/c1-21-10-4-5-11(16)12(9-10)18-14(19)6-7-17-15(20)13-3-2-8-22-13/h2-5,8-9H,6-7H2,1H3,(H,17,20)(H,18,19). The molecule has 22 heavy (non-hydrogen) atoms. The number of thiophene rings is 1. The molecule has 0 bridgehead atoms. The fourth-order valence-corrected chi connectivity index (χ4v) is 2.53. The molecule has 1 heterocycles. The van der Waals surface area contributed by atoms with E-state index >= 15 is 0 Å². The van der Waals surface area contributed by atoms with Gasteiger partial charge in [0.15, 0.2) is 0 Å². The molecule has 0 saturated carbocycles. The number of anilines is 1. The van der Waals surface area contributed by atoms with Crippen LogP contribution in [-0.2, 0) is 4.79 Å². The fourth-order valence-electron chi connectivity index (χ4n) is 1.72. The Morgan fingerprint density at radius 3 is 2.82 bits per heavy atom. The third-order valence-electron chi connectivity index (χ3n) is 2.83. The second kappa shape index (κ2) is 7.82. The van der Waals surface area contributed by atoms with Gasteiger partial charge >= 0.3 is 0 Å². The summed E-state index contributed by atoms with van der Waals surface area (Å²) in [5.41, 5.74) is 0.482. The highest BCUT2D eigenvalue weighted by Gasteiger charge is 2.09. The lowest BCUT2D eigenvalue weighted by atomic mass is 10.3. The zero-order valence-electron chi connectivity index (χ0n) is 11.9. The summed E-state index contributed by atoms with van der Waals surface area (Å²) >= 11 is 7.37. The van der Waals surface area contributed by atoms with Gasteiger partial charge in [-0.1, -0.05) is 17.7 Å². The Morgan fingerprint density at radius 1 is 1.32 bits per heavy atom. The molecule has 7 heteroatoms. The minimum absolute atomic E-state index is 0.157. The zero-order chi connectivity index (χ0) is 15.9. The van der Waals surface area contributed by atoms with Gasteiger partial charge < -0.3 is 15.4 Å². The molecule has 0 aliphatic rings. The van der Waals surface area contributed by atoms with Crippen LogP contribution in [0, 0.1) is 0 Å². The van der Waals surface area contributed by atoms with E-state index in [1.807, 2.05) is 5.38 Å². The summed E-state index contributed by atoms with van der Waals surface area (Å²) in [7, 11) is 1.54. The number of rotatable bonds is 6. The van der Waals surface area contributed by atoms with Crippen molar-refractivity contribution in [3.05, 3.63) is 45.6 Å². The number of hydrogen-bond donors (Lipinski definition) is 2. The predicted octanol–water partition coefficient (Wildman–Crippen LogP) is 3.17. The second-order valence-electron chi connectivity index (χ2n) is 4.38. The van der Waals surface area contributed by atoms with Gasteiger partial charge in [0, 0.05) is 19.0 Å². The van der Waals surface area contributed by atoms with Crippen LogP contribution in [0.3, 0.4) is 0 Å². The number of nitrogens with one attached hydrogen (secondary N) is 2. The number of carbonyl (C=O) groups is 2. The lowest BCUT2D eigenvalue weighted by molar-refractivity contribution is -0.116. The highest BCUT2D eigenvalue weighted by atomic mass is 35.5. The molecule has 0 atom stereocenters. The van der Waals surface area contributed by atoms with Gasteiger partial charge in [0.2, 0.25) is 5.91 Å². The van der Waals surface area contributed by atoms with Crippen LogP contribution in [0.5, 0.6) is 5.75 Å². The Bertz CT molecular complexity index is 659. The van der Waals surface area contributed by atoms with Crippen LogP contribution in [0.4, 0.5) is 5.69 Å². The van der Waals surface area contributed by atoms with Crippen LogP contribution >= 0.6 is 22.9 Å². The molecule has 2 rings (SSSR count). The molecule has 5 nitrogen and oxygen atoms in total. The van der Waals surface area contributed by atoms with Crippen LogP contribution in [0.2, 0.25) is 5.02 Å². The minimum atomic E-state index is -0.235. The van der Waals surface area contributed by atoms with Gasteiger partial charge in [-0.15, -0.1) is 11.3 Å². The van der Waals surface area contributed by atoms with Crippen molar-refractivity contribution in [3.63, 3.8) is 0 Å². The Labute approximate surface area is 137 Å². The summed E-state index contributed by atoms with van der Waals surface area (Å²) < 4.78 is 5.08. The molecule has 2 N–H and O–H groups in total. The number of halogens is 1. The Morgan fingerprint density at radius 2 is 2.14 bits per heavy atom. The normalized spacial score (nSPS) is 10.1. The average Bonchev–Trinajstić information content (AvgIpc) is 3.04. The first-order valence-electron chi connectivity index (χ1n) is 6.55. The van der Waals surface area contributed by atoms with Gasteiger partial charge in [-0.3, -0.25) is 9.59 Å². The Hall–Kier alpha value is -2.05. The van der Waals surface area contributed by atoms with Crippen LogP contribution in [0.1, 0.15) is 16.1 Å². The lowest BCUT2D eigenvalue weighted by Gasteiger charge is -2.09. The summed E-state index contributed by atoms with van der Waals surface area (Å²) in [5, 5.41) is 7.64. The quantitative estimate of drug-likeness (QED) is 0.850. The maximum Gasteiger partial charge on any atom is 0.261 e. The van der Waals surface area contributed by atoms with Crippen molar-refractivity contribution in [2.75, 3.05) is 19.0 Å². The van der Waals surface area contributed by atoms with Gasteiger partial charge in [-0.25, -0.2) is 0 Å². The molecule has 0 fully saturated rings. The van der Waals surface area contributed by atoms with E-state index in [2.05, 4.69) is 10.6 Å². The molecule has 0 unspecified atom stereocenters. The van der Waals surface area contributed by atoms with E-state index in [-0.39, 0.29) is 24.8 Å². The molecule has 116 valence electrons. The first-order valence-corrected chi connectivity index (χ1v) is 7.81. The Kier molecular flexibility index (Phi) is 5.80. The molecule has 1 aromatic carbocycles. The summed E-state index contributed by atoms with van der Waals surface area (Å²) in [6, 6.07) is 8.53. The van der Waals surface area contributed by atoms with E-state index < -0.39 is 0 Å². The summed E-state index contributed by atoms with van der Waals surface area (Å²) in [6.45, 7) is 0.254. The van der Waals surface area contributed by atoms with Crippen molar-refractivity contribution in [3.8, 4) is 5.75 Å². The molecule has 2 aromatic rings. The van der Waals surface area contributed by atoms with E-state index in [0.29, 0.717) is 21.3 Å². The number of benzene rings is 1. The maximum atomic E-state index is 11.9. The van der Waals surface area contributed by atoms with Gasteiger partial charge in [-0.2, -0.15) is 0 Å². The average molecular weight is 339 g/mol. The van der Waals surface area contributed by atoms with Crippen LogP contribution in [0.15, 0.2) is 35.7 Å². The van der Waals surface area contributed by atoms with Gasteiger partial charge in [0.1, 0.15) is 5.75 Å². The zero-order valence-corrected chi connectivity index (χ0v) is 13.5. The fraction of sp³-hybridized carbons (Fsp3) is 0.200. The first-order chi connectivity index (χ1) is 10.6. The lowest BCUT2D eigenvalue weighted by Crippen LogP contribution is -2.27. The van der Waals surface area contributed by atoms with E-state index in [1.165, 1.54) is 18.4 Å². The highest BCUT2D eigenvalue weighted by molar-refractivity contribution is 7.12. The van der Waals surface area contributed by atoms with E-state index in [1.54, 1.807) is 30.3 Å². The second-order valence-corrected chi connectivity index (χ2v) is 5.73. The van der Waals surface area contributed by atoms with Crippen molar-refractivity contribution in [2.24, 2.45) is 0 Å².